The van der Waals surface area contributed by atoms with Gasteiger partial charge in [-0.2, -0.15) is 4.31 Å². The van der Waals surface area contributed by atoms with E-state index < -0.39 is 10.0 Å². The van der Waals surface area contributed by atoms with E-state index in [9.17, 15) is 13.2 Å². The Balaban J connectivity index is 2.10. The Morgan fingerprint density at radius 2 is 1.89 bits per heavy atom. The smallest absolute Gasteiger partial charge is 0.306 e. The van der Waals surface area contributed by atoms with Crippen molar-refractivity contribution >= 4 is 21.1 Å². The lowest BCUT2D eigenvalue weighted by molar-refractivity contribution is 0.464. The van der Waals surface area contributed by atoms with Crippen molar-refractivity contribution in [1.82, 2.24) is 14.3 Å². The fraction of sp³-hybridized carbons (Fsp3) is 0.364. The summed E-state index contributed by atoms with van der Waals surface area (Å²) in [5, 5.41) is 0. The molecule has 3 rings (SSSR count). The average Bonchev–Trinajstić information content (AvgIpc) is 3.08. The van der Waals surface area contributed by atoms with Gasteiger partial charge < -0.3 is 9.97 Å². The van der Waals surface area contributed by atoms with Crippen LogP contribution in [0.1, 0.15) is 12.8 Å². The van der Waals surface area contributed by atoms with E-state index in [-0.39, 0.29) is 16.6 Å². The maximum absolute atomic E-state index is 12.3. The minimum absolute atomic E-state index is 0.121. The second-order valence-corrected chi connectivity index (χ2v) is 6.54. The summed E-state index contributed by atoms with van der Waals surface area (Å²) in [5.74, 6) is 0. The minimum Gasteiger partial charge on any atom is -0.306 e. The van der Waals surface area contributed by atoms with Gasteiger partial charge in [0.05, 0.1) is 15.9 Å². The van der Waals surface area contributed by atoms with Crippen molar-refractivity contribution < 1.29 is 8.42 Å². The molecule has 0 aliphatic heterocycles. The zero-order valence-electron chi connectivity index (χ0n) is 9.80. The predicted molar refractivity (Wildman–Crippen MR) is 66.9 cm³/mol. The van der Waals surface area contributed by atoms with Crippen LogP contribution in [-0.4, -0.2) is 35.8 Å². The van der Waals surface area contributed by atoms with Gasteiger partial charge in [-0.05, 0) is 31.0 Å². The van der Waals surface area contributed by atoms with E-state index in [1.807, 2.05) is 0 Å². The van der Waals surface area contributed by atoms with E-state index in [1.54, 1.807) is 13.1 Å². The van der Waals surface area contributed by atoms with Crippen LogP contribution in [0.3, 0.4) is 0 Å². The molecule has 0 amide bonds. The van der Waals surface area contributed by atoms with Gasteiger partial charge in [-0.1, -0.05) is 0 Å². The molecule has 2 aromatic rings. The van der Waals surface area contributed by atoms with Gasteiger partial charge in [0.25, 0.3) is 0 Å². The highest BCUT2D eigenvalue weighted by molar-refractivity contribution is 7.89. The maximum Gasteiger partial charge on any atom is 0.323 e. The summed E-state index contributed by atoms with van der Waals surface area (Å²) in [4.78, 5) is 16.5. The van der Waals surface area contributed by atoms with Crippen LogP contribution in [0.5, 0.6) is 0 Å². The Labute approximate surface area is 104 Å². The lowest BCUT2D eigenvalue weighted by atomic mass is 10.3. The van der Waals surface area contributed by atoms with Crippen molar-refractivity contribution in [3.63, 3.8) is 0 Å². The van der Waals surface area contributed by atoms with E-state index >= 15 is 0 Å². The Bertz CT molecular complexity index is 755. The van der Waals surface area contributed by atoms with E-state index in [0.717, 1.165) is 12.8 Å². The molecule has 0 unspecified atom stereocenters. The topological polar surface area (TPSA) is 86.0 Å². The zero-order valence-corrected chi connectivity index (χ0v) is 10.6. The molecule has 1 heterocycles. The van der Waals surface area contributed by atoms with E-state index in [2.05, 4.69) is 9.97 Å². The van der Waals surface area contributed by atoms with Gasteiger partial charge in [-0.15, -0.1) is 0 Å². The Hall–Kier alpha value is -1.60. The van der Waals surface area contributed by atoms with Gasteiger partial charge in [0.1, 0.15) is 0 Å². The Morgan fingerprint density at radius 1 is 1.22 bits per heavy atom. The molecule has 7 heteroatoms. The number of aromatic amines is 2. The molecular formula is C11H13N3O3S. The van der Waals surface area contributed by atoms with Crippen LogP contribution < -0.4 is 5.69 Å². The van der Waals surface area contributed by atoms with Crippen LogP contribution in [0.25, 0.3) is 11.0 Å². The van der Waals surface area contributed by atoms with Crippen LogP contribution in [0.4, 0.5) is 0 Å². The second kappa shape index (κ2) is 3.69. The molecule has 1 aromatic heterocycles. The fourth-order valence-electron chi connectivity index (χ4n) is 1.97. The summed E-state index contributed by atoms with van der Waals surface area (Å²) in [6.45, 7) is 0. The SMILES string of the molecule is CN(C1CC1)S(=O)(=O)c1ccc2[nH]c(=O)[nH]c2c1. The number of imidazole rings is 1. The number of fused-ring (bicyclic) bond motifs is 1. The summed E-state index contributed by atoms with van der Waals surface area (Å²) >= 11 is 0. The first kappa shape index (κ1) is 11.5. The third-order valence-corrected chi connectivity index (χ3v) is 5.13. The van der Waals surface area contributed by atoms with Gasteiger partial charge in [0, 0.05) is 13.1 Å². The zero-order chi connectivity index (χ0) is 12.9. The summed E-state index contributed by atoms with van der Waals surface area (Å²) in [6, 6.07) is 4.72. The predicted octanol–water partition coefficient (Wildman–Crippen LogP) is 0.639. The summed E-state index contributed by atoms with van der Waals surface area (Å²) in [7, 11) is -1.87. The number of sulfonamides is 1. The number of hydrogen-bond donors (Lipinski definition) is 2. The Morgan fingerprint density at radius 3 is 2.56 bits per heavy atom. The highest BCUT2D eigenvalue weighted by Gasteiger charge is 2.35. The van der Waals surface area contributed by atoms with E-state index in [4.69, 9.17) is 0 Å². The third kappa shape index (κ3) is 1.75. The minimum atomic E-state index is -3.46. The summed E-state index contributed by atoms with van der Waals surface area (Å²) in [6.07, 6.45) is 1.83. The molecule has 0 saturated heterocycles. The molecule has 18 heavy (non-hydrogen) atoms. The summed E-state index contributed by atoms with van der Waals surface area (Å²) < 4.78 is 26.0. The highest BCUT2D eigenvalue weighted by Crippen LogP contribution is 2.30. The molecule has 1 fully saturated rings. The first-order valence-corrected chi connectivity index (χ1v) is 7.12. The molecule has 0 spiro atoms. The van der Waals surface area contributed by atoms with Crippen LogP contribution in [0.2, 0.25) is 0 Å². The number of aromatic nitrogens is 2. The van der Waals surface area contributed by atoms with Crippen molar-refractivity contribution in [3.05, 3.63) is 28.7 Å². The quantitative estimate of drug-likeness (QED) is 0.855. The molecule has 0 atom stereocenters. The molecule has 0 radical (unpaired) electrons. The Kier molecular flexibility index (Phi) is 2.36. The number of rotatable bonds is 3. The van der Waals surface area contributed by atoms with Crippen LogP contribution in [0.15, 0.2) is 27.9 Å². The summed E-state index contributed by atoms with van der Waals surface area (Å²) in [5.41, 5.74) is 0.772. The van der Waals surface area contributed by atoms with Gasteiger partial charge in [0.15, 0.2) is 0 Å². The molecular weight excluding hydrogens is 254 g/mol. The molecule has 1 aliphatic carbocycles. The number of nitrogens with one attached hydrogen (secondary N) is 2. The molecule has 6 nitrogen and oxygen atoms in total. The second-order valence-electron chi connectivity index (χ2n) is 4.54. The van der Waals surface area contributed by atoms with E-state index in [1.165, 1.54) is 16.4 Å². The van der Waals surface area contributed by atoms with Crippen molar-refractivity contribution in [2.75, 3.05) is 7.05 Å². The van der Waals surface area contributed by atoms with Crippen molar-refractivity contribution in [1.29, 1.82) is 0 Å². The molecule has 1 saturated carbocycles. The maximum atomic E-state index is 12.3. The normalized spacial score (nSPS) is 16.6. The highest BCUT2D eigenvalue weighted by atomic mass is 32.2. The van der Waals surface area contributed by atoms with Crippen molar-refractivity contribution in [2.45, 2.75) is 23.8 Å². The number of benzene rings is 1. The number of nitrogens with zero attached hydrogens (tertiary/aromatic N) is 1. The van der Waals surface area contributed by atoms with Gasteiger partial charge in [-0.25, -0.2) is 13.2 Å². The first-order valence-electron chi connectivity index (χ1n) is 5.68. The van der Waals surface area contributed by atoms with Crippen molar-refractivity contribution in [2.24, 2.45) is 0 Å². The molecule has 1 aromatic carbocycles. The van der Waals surface area contributed by atoms with Crippen LogP contribution in [-0.2, 0) is 10.0 Å². The molecule has 2 N–H and O–H groups in total. The number of H-pyrrole nitrogens is 2. The van der Waals surface area contributed by atoms with Crippen LogP contribution in [0, 0.1) is 0 Å². The molecule has 1 aliphatic rings. The lowest BCUT2D eigenvalue weighted by Crippen LogP contribution is -2.28. The monoisotopic (exact) mass is 267 g/mol. The standard InChI is InChI=1S/C11H13N3O3S/c1-14(7-2-3-7)18(16,17)8-4-5-9-10(6-8)13-11(15)12-9/h4-7H,2-3H2,1H3,(H2,12,13,15). The van der Waals surface area contributed by atoms with Crippen LogP contribution >= 0.6 is 0 Å². The largest absolute Gasteiger partial charge is 0.323 e. The molecule has 0 bridgehead atoms. The van der Waals surface area contributed by atoms with Crippen molar-refractivity contribution in [3.8, 4) is 0 Å². The van der Waals surface area contributed by atoms with Gasteiger partial charge in [0.2, 0.25) is 10.0 Å². The van der Waals surface area contributed by atoms with Gasteiger partial charge >= 0.3 is 5.69 Å². The van der Waals surface area contributed by atoms with Gasteiger partial charge in [-0.3, -0.25) is 0 Å². The molecule has 96 valence electrons. The number of hydrogen-bond acceptors (Lipinski definition) is 3. The fourth-order valence-corrected chi connectivity index (χ4v) is 3.42. The lowest BCUT2D eigenvalue weighted by Gasteiger charge is -2.16. The average molecular weight is 267 g/mol. The van der Waals surface area contributed by atoms with E-state index in [0.29, 0.717) is 11.0 Å². The third-order valence-electron chi connectivity index (χ3n) is 3.23. The first-order chi connectivity index (χ1) is 8.48.